The zero-order valence-electron chi connectivity index (χ0n) is 20.1. The Kier molecular flexibility index (Phi) is 7.92. The van der Waals surface area contributed by atoms with Crippen molar-refractivity contribution in [3.8, 4) is 16.9 Å². The highest BCUT2D eigenvalue weighted by Gasteiger charge is 2.37. The number of carbonyl (C=O) groups is 2. The second-order valence-corrected chi connectivity index (χ2v) is 8.39. The first kappa shape index (κ1) is 25.3. The number of fused-ring (bicyclic) bond motifs is 1. The number of hydrogen-bond donors (Lipinski definition) is 2. The fourth-order valence-electron chi connectivity index (χ4n) is 4.15. The second-order valence-electron chi connectivity index (χ2n) is 8.39. The van der Waals surface area contributed by atoms with E-state index in [1.165, 1.54) is 24.1 Å². The van der Waals surface area contributed by atoms with Crippen LogP contribution in [0.4, 0.5) is 4.39 Å². The van der Waals surface area contributed by atoms with E-state index in [9.17, 15) is 19.1 Å². The Balaban J connectivity index is 1.36. The zero-order chi connectivity index (χ0) is 25.7. The molecule has 36 heavy (non-hydrogen) atoms. The minimum absolute atomic E-state index is 0.167. The molecular formula is C27H28FN3O5. The zero-order valence-corrected chi connectivity index (χ0v) is 20.1. The van der Waals surface area contributed by atoms with Gasteiger partial charge in [0.25, 0.3) is 11.8 Å². The molecule has 9 heteroatoms. The Morgan fingerprint density at radius 1 is 1.17 bits per heavy atom. The van der Waals surface area contributed by atoms with E-state index in [0.29, 0.717) is 18.9 Å². The maximum absolute atomic E-state index is 13.6. The molecule has 4 rings (SSSR count). The topological polar surface area (TPSA) is 101 Å². The normalized spacial score (nSPS) is 14.2. The average molecular weight is 494 g/mol. The molecule has 2 atom stereocenters. The Labute approximate surface area is 208 Å². The number of aliphatic hydroxyl groups excluding tert-OH is 1. The third-order valence-electron chi connectivity index (χ3n) is 6.03. The SMILES string of the molecule is CCOc1cc(F)ccc1-c1ccc(CNC(=O)C(OC)C(O)C(=O)N2Cc3cccnc3C2)cc1. The molecule has 2 heterocycles. The van der Waals surface area contributed by atoms with Crippen LogP contribution in [0.1, 0.15) is 23.7 Å². The van der Waals surface area contributed by atoms with Gasteiger partial charge >= 0.3 is 0 Å². The molecule has 0 fully saturated rings. The molecule has 8 nitrogen and oxygen atoms in total. The molecule has 0 saturated heterocycles. The van der Waals surface area contributed by atoms with Gasteiger partial charge in [-0.2, -0.15) is 0 Å². The van der Waals surface area contributed by atoms with Gasteiger partial charge in [-0.05, 0) is 41.8 Å². The number of aromatic nitrogens is 1. The number of nitrogens with zero attached hydrogens (tertiary/aromatic N) is 2. The molecule has 1 aliphatic rings. The summed E-state index contributed by atoms with van der Waals surface area (Å²) in [5, 5.41) is 13.3. The van der Waals surface area contributed by atoms with Crippen molar-refractivity contribution < 1.29 is 28.6 Å². The summed E-state index contributed by atoms with van der Waals surface area (Å²) in [7, 11) is 1.27. The Hall–Kier alpha value is -3.82. The molecule has 0 radical (unpaired) electrons. The molecule has 2 amide bonds. The summed E-state index contributed by atoms with van der Waals surface area (Å²) in [5.74, 6) is -1.11. The van der Waals surface area contributed by atoms with Crippen LogP contribution in [-0.2, 0) is 34.0 Å². The molecule has 3 aromatic rings. The van der Waals surface area contributed by atoms with Crippen LogP contribution in [0.5, 0.6) is 5.75 Å². The Bertz CT molecular complexity index is 1210. The van der Waals surface area contributed by atoms with Gasteiger partial charge in [0.1, 0.15) is 11.6 Å². The monoisotopic (exact) mass is 493 g/mol. The van der Waals surface area contributed by atoms with Crippen molar-refractivity contribution in [2.75, 3.05) is 13.7 Å². The van der Waals surface area contributed by atoms with E-state index in [2.05, 4.69) is 10.3 Å². The van der Waals surface area contributed by atoms with E-state index in [1.54, 1.807) is 18.3 Å². The number of pyridine rings is 1. The molecular weight excluding hydrogens is 465 g/mol. The van der Waals surface area contributed by atoms with Crippen molar-refractivity contribution in [3.05, 3.63) is 83.4 Å². The smallest absolute Gasteiger partial charge is 0.255 e. The lowest BCUT2D eigenvalue weighted by atomic mass is 10.0. The van der Waals surface area contributed by atoms with Crippen molar-refractivity contribution in [2.24, 2.45) is 0 Å². The quantitative estimate of drug-likeness (QED) is 0.476. The minimum Gasteiger partial charge on any atom is -0.493 e. The number of hydrogen-bond acceptors (Lipinski definition) is 6. The molecule has 0 spiro atoms. The van der Waals surface area contributed by atoms with Crippen molar-refractivity contribution in [3.63, 3.8) is 0 Å². The van der Waals surface area contributed by atoms with Crippen LogP contribution in [-0.4, -0.2) is 52.7 Å². The number of ether oxygens (including phenoxy) is 2. The molecule has 2 unspecified atom stereocenters. The van der Waals surface area contributed by atoms with Gasteiger partial charge in [-0.15, -0.1) is 0 Å². The minimum atomic E-state index is -1.65. The molecule has 2 N–H and O–H groups in total. The van der Waals surface area contributed by atoms with Crippen LogP contribution < -0.4 is 10.1 Å². The van der Waals surface area contributed by atoms with E-state index < -0.39 is 24.0 Å². The lowest BCUT2D eigenvalue weighted by molar-refractivity contribution is -0.155. The third kappa shape index (κ3) is 5.53. The largest absolute Gasteiger partial charge is 0.493 e. The van der Waals surface area contributed by atoms with Gasteiger partial charge in [0.2, 0.25) is 0 Å². The molecule has 0 aliphatic carbocycles. The van der Waals surface area contributed by atoms with Gasteiger partial charge in [-0.25, -0.2) is 4.39 Å². The predicted octanol–water partition coefficient (Wildman–Crippen LogP) is 2.82. The second kappa shape index (κ2) is 11.3. The fourth-order valence-corrected chi connectivity index (χ4v) is 4.15. The van der Waals surface area contributed by atoms with Crippen molar-refractivity contribution in [2.45, 2.75) is 38.8 Å². The summed E-state index contributed by atoms with van der Waals surface area (Å²) in [5.41, 5.74) is 4.08. The van der Waals surface area contributed by atoms with Gasteiger partial charge < -0.3 is 24.8 Å². The molecule has 0 saturated carbocycles. The standard InChI is InChI=1S/C27H28FN3O5/c1-3-36-23-13-20(28)10-11-21(23)18-8-6-17(7-9-18)14-30-26(33)25(35-2)24(32)27(34)31-15-19-5-4-12-29-22(19)16-31/h4-13,24-25,32H,3,14-16H2,1-2H3,(H,30,33). The molecule has 1 aromatic heterocycles. The molecule has 1 aliphatic heterocycles. The highest BCUT2D eigenvalue weighted by Crippen LogP contribution is 2.31. The fraction of sp³-hybridized carbons (Fsp3) is 0.296. The van der Waals surface area contributed by atoms with Gasteiger partial charge in [-0.1, -0.05) is 30.3 Å². The summed E-state index contributed by atoms with van der Waals surface area (Å²) < 4.78 is 24.3. The number of benzene rings is 2. The summed E-state index contributed by atoms with van der Waals surface area (Å²) in [6, 6.07) is 15.4. The number of halogens is 1. The van der Waals surface area contributed by atoms with Crippen LogP contribution in [0, 0.1) is 5.82 Å². The van der Waals surface area contributed by atoms with E-state index in [4.69, 9.17) is 9.47 Å². The van der Waals surface area contributed by atoms with Crippen LogP contribution in [0.25, 0.3) is 11.1 Å². The van der Waals surface area contributed by atoms with Crippen LogP contribution in [0.3, 0.4) is 0 Å². The first-order chi connectivity index (χ1) is 17.4. The summed E-state index contributed by atoms with van der Waals surface area (Å²) in [4.78, 5) is 31.2. The van der Waals surface area contributed by atoms with Crippen molar-refractivity contribution >= 4 is 11.8 Å². The van der Waals surface area contributed by atoms with E-state index >= 15 is 0 Å². The number of carbonyl (C=O) groups excluding carboxylic acids is 2. The van der Waals surface area contributed by atoms with Crippen LogP contribution >= 0.6 is 0 Å². The lowest BCUT2D eigenvalue weighted by Crippen LogP contribution is -2.50. The summed E-state index contributed by atoms with van der Waals surface area (Å²) in [6.07, 6.45) is -1.36. The van der Waals surface area contributed by atoms with Gasteiger partial charge in [0, 0.05) is 38.0 Å². The molecule has 188 valence electrons. The maximum atomic E-state index is 13.6. The summed E-state index contributed by atoms with van der Waals surface area (Å²) in [6.45, 7) is 3.01. The number of aliphatic hydroxyl groups is 1. The number of methoxy groups -OCH3 is 1. The highest BCUT2D eigenvalue weighted by molar-refractivity contribution is 5.91. The Morgan fingerprint density at radius 3 is 2.64 bits per heavy atom. The van der Waals surface area contributed by atoms with E-state index in [1.807, 2.05) is 37.3 Å². The first-order valence-electron chi connectivity index (χ1n) is 11.6. The van der Waals surface area contributed by atoms with Crippen molar-refractivity contribution in [1.82, 2.24) is 15.2 Å². The van der Waals surface area contributed by atoms with E-state index in [0.717, 1.165) is 27.9 Å². The number of nitrogens with one attached hydrogen (secondary N) is 1. The maximum Gasteiger partial charge on any atom is 0.255 e. The van der Waals surface area contributed by atoms with E-state index in [-0.39, 0.29) is 18.9 Å². The summed E-state index contributed by atoms with van der Waals surface area (Å²) >= 11 is 0. The van der Waals surface area contributed by atoms with Gasteiger partial charge in [0.05, 0.1) is 18.8 Å². The Morgan fingerprint density at radius 2 is 1.94 bits per heavy atom. The predicted molar refractivity (Wildman–Crippen MR) is 130 cm³/mol. The molecule has 2 aromatic carbocycles. The van der Waals surface area contributed by atoms with Gasteiger partial charge in [-0.3, -0.25) is 14.6 Å². The van der Waals surface area contributed by atoms with Crippen LogP contribution in [0.2, 0.25) is 0 Å². The number of rotatable bonds is 9. The van der Waals surface area contributed by atoms with Crippen LogP contribution in [0.15, 0.2) is 60.8 Å². The average Bonchev–Trinajstić information content (AvgIpc) is 3.32. The van der Waals surface area contributed by atoms with Gasteiger partial charge in [0.15, 0.2) is 12.2 Å². The molecule has 0 bridgehead atoms. The third-order valence-corrected chi connectivity index (χ3v) is 6.03. The highest BCUT2D eigenvalue weighted by atomic mass is 19.1. The lowest BCUT2D eigenvalue weighted by Gasteiger charge is -2.24. The van der Waals surface area contributed by atoms with Crippen molar-refractivity contribution in [1.29, 1.82) is 0 Å². The number of amides is 2. The first-order valence-corrected chi connectivity index (χ1v) is 11.6.